The summed E-state index contributed by atoms with van der Waals surface area (Å²) in [5, 5.41) is 3.43. The van der Waals surface area contributed by atoms with E-state index in [-0.39, 0.29) is 62.3 Å². The minimum atomic E-state index is -0.266. The number of morpholine rings is 1. The molecule has 0 aliphatic carbocycles. The number of nitrogens with zero attached hydrogens (tertiary/aromatic N) is 2. The predicted molar refractivity (Wildman–Crippen MR) is 121 cm³/mol. The second-order valence-electron chi connectivity index (χ2n) is 7.94. The fraction of sp³-hybridized carbons (Fsp3) is 0.600. The molecule has 166 valence electrons. The van der Waals surface area contributed by atoms with Crippen LogP contribution in [0.1, 0.15) is 26.7 Å². The Bertz CT molecular complexity index is 779. The van der Waals surface area contributed by atoms with Crippen LogP contribution in [0.25, 0.3) is 0 Å². The maximum Gasteiger partial charge on any atom is 0.238 e. The third kappa shape index (κ3) is 5.72. The minimum absolute atomic E-state index is 0.0163. The molecule has 2 atom stereocenters. The van der Waals surface area contributed by atoms with Crippen molar-refractivity contribution in [3.63, 3.8) is 0 Å². The van der Waals surface area contributed by atoms with Gasteiger partial charge in [-0.1, -0.05) is 46.4 Å². The standard InChI is InChI=1S/C20H25Cl4N3O3/c1-11-8-27(9-12(2)30-11)20(29)13-3-5-26(6-4-13)10-16(28)25-19-17(23)14(21)7-15(22)18(19)24/h7,11-13H,3-6,8-10H2,1-2H3,(H,25,28). The Morgan fingerprint density at radius 2 is 1.57 bits per heavy atom. The highest BCUT2D eigenvalue weighted by atomic mass is 35.5. The third-order valence-corrected chi connectivity index (χ3v) is 6.99. The quantitative estimate of drug-likeness (QED) is 0.619. The molecule has 0 spiro atoms. The first-order valence-electron chi connectivity index (χ1n) is 9.95. The molecule has 10 heteroatoms. The van der Waals surface area contributed by atoms with Gasteiger partial charge < -0.3 is 15.0 Å². The van der Waals surface area contributed by atoms with Crippen LogP contribution in [0.5, 0.6) is 0 Å². The van der Waals surface area contributed by atoms with E-state index in [0.29, 0.717) is 26.2 Å². The lowest BCUT2D eigenvalue weighted by atomic mass is 9.94. The van der Waals surface area contributed by atoms with Gasteiger partial charge in [-0.05, 0) is 45.8 Å². The summed E-state index contributed by atoms with van der Waals surface area (Å²) in [6, 6.07) is 1.43. The summed E-state index contributed by atoms with van der Waals surface area (Å²) >= 11 is 24.3. The van der Waals surface area contributed by atoms with E-state index in [4.69, 9.17) is 51.1 Å². The molecule has 0 bridgehead atoms. The van der Waals surface area contributed by atoms with Crippen molar-refractivity contribution >= 4 is 63.9 Å². The lowest BCUT2D eigenvalue weighted by Gasteiger charge is -2.39. The number of nitrogens with one attached hydrogen (secondary N) is 1. The van der Waals surface area contributed by atoms with Crippen LogP contribution in [0.4, 0.5) is 5.69 Å². The topological polar surface area (TPSA) is 61.9 Å². The van der Waals surface area contributed by atoms with Crippen LogP contribution in [-0.2, 0) is 14.3 Å². The summed E-state index contributed by atoms with van der Waals surface area (Å²) in [4.78, 5) is 29.3. The monoisotopic (exact) mass is 495 g/mol. The van der Waals surface area contributed by atoms with Crippen molar-refractivity contribution in [2.24, 2.45) is 5.92 Å². The molecule has 2 saturated heterocycles. The van der Waals surface area contributed by atoms with Gasteiger partial charge in [0.1, 0.15) is 0 Å². The molecular formula is C20H25Cl4N3O3. The van der Waals surface area contributed by atoms with Crippen LogP contribution in [0.2, 0.25) is 20.1 Å². The average molecular weight is 497 g/mol. The number of amides is 2. The summed E-state index contributed by atoms with van der Waals surface area (Å²) in [5.41, 5.74) is 0.210. The number of likely N-dealkylation sites (tertiary alicyclic amines) is 1. The first kappa shape index (κ1) is 23.9. The zero-order chi connectivity index (χ0) is 22.0. The van der Waals surface area contributed by atoms with Crippen LogP contribution in [0.15, 0.2) is 6.07 Å². The van der Waals surface area contributed by atoms with E-state index >= 15 is 0 Å². The Hall–Kier alpha value is -0.760. The highest BCUT2D eigenvalue weighted by molar-refractivity contribution is 6.50. The fourth-order valence-corrected chi connectivity index (χ4v) is 4.92. The number of benzene rings is 1. The molecule has 1 aromatic rings. The molecule has 2 unspecified atom stereocenters. The molecule has 1 aromatic carbocycles. The van der Waals surface area contributed by atoms with Gasteiger partial charge in [0.15, 0.2) is 0 Å². The maximum atomic E-state index is 12.9. The van der Waals surface area contributed by atoms with Crippen molar-refractivity contribution in [3.05, 3.63) is 26.2 Å². The third-order valence-electron chi connectivity index (χ3n) is 5.41. The molecule has 6 nitrogen and oxygen atoms in total. The Balaban J connectivity index is 1.51. The van der Waals surface area contributed by atoms with E-state index in [2.05, 4.69) is 5.32 Å². The first-order valence-corrected chi connectivity index (χ1v) is 11.5. The van der Waals surface area contributed by atoms with Crippen molar-refractivity contribution in [1.29, 1.82) is 0 Å². The van der Waals surface area contributed by atoms with Gasteiger partial charge in [-0.15, -0.1) is 0 Å². The normalized spacial score (nSPS) is 23.5. The SMILES string of the molecule is CC1CN(C(=O)C2CCN(CC(=O)Nc3c(Cl)c(Cl)cc(Cl)c3Cl)CC2)CC(C)O1. The van der Waals surface area contributed by atoms with Gasteiger partial charge in [-0.25, -0.2) is 0 Å². The van der Waals surface area contributed by atoms with Gasteiger partial charge in [0.2, 0.25) is 11.8 Å². The van der Waals surface area contributed by atoms with Crippen LogP contribution in [0, 0.1) is 5.92 Å². The van der Waals surface area contributed by atoms with Crippen molar-refractivity contribution < 1.29 is 14.3 Å². The Labute approximate surface area is 196 Å². The van der Waals surface area contributed by atoms with Gasteiger partial charge in [-0.2, -0.15) is 0 Å². The number of anilines is 1. The highest BCUT2D eigenvalue weighted by Gasteiger charge is 2.33. The average Bonchev–Trinajstić information content (AvgIpc) is 2.69. The summed E-state index contributed by atoms with van der Waals surface area (Å²) < 4.78 is 5.71. The molecule has 2 fully saturated rings. The summed E-state index contributed by atoms with van der Waals surface area (Å²) in [5.74, 6) is -0.0941. The molecule has 2 aliphatic rings. The summed E-state index contributed by atoms with van der Waals surface area (Å²) in [6.07, 6.45) is 1.55. The number of carbonyl (C=O) groups excluding carboxylic acids is 2. The minimum Gasteiger partial charge on any atom is -0.372 e. The Morgan fingerprint density at radius 3 is 2.10 bits per heavy atom. The van der Waals surface area contributed by atoms with Crippen LogP contribution < -0.4 is 5.32 Å². The number of piperidine rings is 1. The number of halogens is 4. The van der Waals surface area contributed by atoms with E-state index < -0.39 is 0 Å². The molecular weight excluding hydrogens is 472 g/mol. The van der Waals surface area contributed by atoms with Crippen LogP contribution >= 0.6 is 46.4 Å². The number of hydrogen-bond donors (Lipinski definition) is 1. The molecule has 3 rings (SSSR count). The molecule has 2 heterocycles. The van der Waals surface area contributed by atoms with E-state index in [1.807, 2.05) is 23.6 Å². The summed E-state index contributed by atoms with van der Waals surface area (Å²) in [6.45, 7) is 6.74. The van der Waals surface area contributed by atoms with Gasteiger partial charge in [0.25, 0.3) is 0 Å². The van der Waals surface area contributed by atoms with Gasteiger partial charge in [0, 0.05) is 19.0 Å². The first-order chi connectivity index (χ1) is 14.2. The molecule has 2 aliphatic heterocycles. The number of hydrogen-bond acceptors (Lipinski definition) is 4. The van der Waals surface area contributed by atoms with E-state index in [9.17, 15) is 9.59 Å². The Morgan fingerprint density at radius 1 is 1.03 bits per heavy atom. The second-order valence-corrected chi connectivity index (χ2v) is 9.51. The van der Waals surface area contributed by atoms with Crippen molar-refractivity contribution in [3.8, 4) is 0 Å². The summed E-state index contributed by atoms with van der Waals surface area (Å²) in [7, 11) is 0. The largest absolute Gasteiger partial charge is 0.372 e. The predicted octanol–water partition coefficient (Wildman–Crippen LogP) is 4.59. The molecule has 2 amide bonds. The van der Waals surface area contributed by atoms with Crippen molar-refractivity contribution in [2.45, 2.75) is 38.9 Å². The van der Waals surface area contributed by atoms with Gasteiger partial charge >= 0.3 is 0 Å². The zero-order valence-electron chi connectivity index (χ0n) is 16.9. The van der Waals surface area contributed by atoms with E-state index in [1.54, 1.807) is 0 Å². The Kier molecular flexibility index (Phi) is 8.15. The van der Waals surface area contributed by atoms with Gasteiger partial charge in [0.05, 0.1) is 44.5 Å². The van der Waals surface area contributed by atoms with Crippen LogP contribution in [-0.4, -0.2) is 66.5 Å². The number of carbonyl (C=O) groups is 2. The van der Waals surface area contributed by atoms with E-state index in [1.165, 1.54) is 6.07 Å². The molecule has 0 aromatic heterocycles. The number of ether oxygens (including phenoxy) is 1. The molecule has 0 saturated carbocycles. The second kappa shape index (κ2) is 10.2. The zero-order valence-corrected chi connectivity index (χ0v) is 19.9. The molecule has 1 N–H and O–H groups in total. The van der Waals surface area contributed by atoms with Crippen molar-refractivity contribution in [2.75, 3.05) is 38.0 Å². The lowest BCUT2D eigenvalue weighted by Crippen LogP contribution is -2.51. The fourth-order valence-electron chi connectivity index (χ4n) is 4.02. The van der Waals surface area contributed by atoms with Crippen LogP contribution in [0.3, 0.4) is 0 Å². The molecule has 0 radical (unpaired) electrons. The molecule has 30 heavy (non-hydrogen) atoms. The van der Waals surface area contributed by atoms with E-state index in [0.717, 1.165) is 12.8 Å². The van der Waals surface area contributed by atoms with Gasteiger partial charge in [-0.3, -0.25) is 14.5 Å². The maximum absolute atomic E-state index is 12.9. The highest BCUT2D eigenvalue weighted by Crippen LogP contribution is 2.41. The van der Waals surface area contributed by atoms with Crippen molar-refractivity contribution in [1.82, 2.24) is 9.80 Å². The number of rotatable bonds is 4. The lowest BCUT2D eigenvalue weighted by molar-refractivity contribution is -0.148. The smallest absolute Gasteiger partial charge is 0.238 e.